The van der Waals surface area contributed by atoms with Crippen molar-refractivity contribution in [1.29, 1.82) is 0 Å². The molecule has 0 spiro atoms. The van der Waals surface area contributed by atoms with Crippen LogP contribution in [-0.4, -0.2) is 37.2 Å². The smallest absolute Gasteiger partial charge is 0.306 e. The molecule has 0 aromatic heterocycles. The largest absolute Gasteiger partial charge is 0.462 e. The lowest BCUT2D eigenvalue weighted by Gasteiger charge is -2.18. The van der Waals surface area contributed by atoms with Crippen LogP contribution in [0.2, 0.25) is 0 Å². The van der Waals surface area contributed by atoms with Crippen LogP contribution in [0, 0.1) is 0 Å². The van der Waals surface area contributed by atoms with Crippen LogP contribution in [0.5, 0.6) is 0 Å². The molecule has 0 aromatic rings. The van der Waals surface area contributed by atoms with Gasteiger partial charge in [0.25, 0.3) is 0 Å². The first-order chi connectivity index (χ1) is 35.0. The van der Waals surface area contributed by atoms with Gasteiger partial charge in [-0.3, -0.25) is 14.4 Å². The molecule has 0 rings (SSSR count). The summed E-state index contributed by atoms with van der Waals surface area (Å²) in [5.74, 6) is -0.988. The van der Waals surface area contributed by atoms with Gasteiger partial charge in [-0.05, 0) is 135 Å². The van der Waals surface area contributed by atoms with Crippen LogP contribution >= 0.6 is 0 Å². The van der Waals surface area contributed by atoms with Gasteiger partial charge in [-0.1, -0.05) is 219 Å². The minimum absolute atomic E-state index is 0.112. The number of carbonyl (C=O) groups excluding carboxylic acids is 3. The van der Waals surface area contributed by atoms with E-state index in [9.17, 15) is 14.4 Å². The molecule has 0 unspecified atom stereocenters. The summed E-state index contributed by atoms with van der Waals surface area (Å²) >= 11 is 0. The topological polar surface area (TPSA) is 78.9 Å². The van der Waals surface area contributed by atoms with Crippen LogP contribution in [0.3, 0.4) is 0 Å². The van der Waals surface area contributed by atoms with Crippen molar-refractivity contribution in [3.63, 3.8) is 0 Å². The van der Waals surface area contributed by atoms with Crippen LogP contribution in [0.15, 0.2) is 122 Å². The number of unbranched alkanes of at least 4 members (excludes halogenated alkanes) is 20. The number of carbonyl (C=O) groups is 3. The van der Waals surface area contributed by atoms with E-state index in [-0.39, 0.29) is 31.1 Å². The Kier molecular flexibility index (Phi) is 54.9. The van der Waals surface area contributed by atoms with Crippen LogP contribution in [0.1, 0.15) is 252 Å². The Bertz CT molecular complexity index is 1500. The summed E-state index contributed by atoms with van der Waals surface area (Å²) in [6.07, 6.45) is 80.4. The molecule has 0 amide bonds. The Morgan fingerprint density at radius 1 is 0.296 bits per heavy atom. The van der Waals surface area contributed by atoms with Crippen molar-refractivity contribution in [2.24, 2.45) is 0 Å². The summed E-state index contributed by atoms with van der Waals surface area (Å²) in [7, 11) is 0. The third kappa shape index (κ3) is 56.6. The maximum atomic E-state index is 12.9. The molecule has 0 N–H and O–H groups in total. The molecule has 0 aromatic carbocycles. The number of esters is 3. The van der Waals surface area contributed by atoms with E-state index in [1.165, 1.54) is 96.3 Å². The van der Waals surface area contributed by atoms with Gasteiger partial charge in [-0.2, -0.15) is 0 Å². The first kappa shape index (κ1) is 66.8. The number of ether oxygens (including phenoxy) is 3. The Morgan fingerprint density at radius 3 is 0.901 bits per heavy atom. The lowest BCUT2D eigenvalue weighted by Crippen LogP contribution is -2.30. The van der Waals surface area contributed by atoms with Crippen molar-refractivity contribution in [1.82, 2.24) is 0 Å². The van der Waals surface area contributed by atoms with Crippen LogP contribution in [-0.2, 0) is 28.6 Å². The van der Waals surface area contributed by atoms with Crippen molar-refractivity contribution >= 4 is 17.9 Å². The van der Waals surface area contributed by atoms with Gasteiger partial charge in [0.1, 0.15) is 13.2 Å². The fourth-order valence-electron chi connectivity index (χ4n) is 7.56. The molecule has 0 aliphatic carbocycles. The van der Waals surface area contributed by atoms with E-state index in [0.717, 1.165) is 109 Å². The van der Waals surface area contributed by atoms with Gasteiger partial charge in [-0.25, -0.2) is 0 Å². The quantitative estimate of drug-likeness (QED) is 0.0261. The molecule has 0 heterocycles. The second kappa shape index (κ2) is 58.4. The maximum Gasteiger partial charge on any atom is 0.306 e. The molecule has 71 heavy (non-hydrogen) atoms. The molecule has 0 saturated heterocycles. The molecule has 0 aliphatic heterocycles. The van der Waals surface area contributed by atoms with E-state index >= 15 is 0 Å². The summed E-state index contributed by atoms with van der Waals surface area (Å²) in [6, 6.07) is 0. The first-order valence-electron chi connectivity index (χ1n) is 29.0. The van der Waals surface area contributed by atoms with E-state index < -0.39 is 6.10 Å². The highest BCUT2D eigenvalue weighted by Gasteiger charge is 2.19. The second-order valence-electron chi connectivity index (χ2n) is 18.8. The standard InChI is InChI=1S/C65H106O6/c1-4-7-10-13-16-19-22-25-28-30-32-34-37-40-43-46-49-52-55-58-64(67)70-61-62(60-69-63(66)57-54-51-48-45-42-39-36-27-24-21-18-15-12-9-6-3)71-65(68)59-56-53-50-47-44-41-38-35-33-31-29-26-23-20-17-14-11-8-5-2/h9,12,16-21,25-29,32,34,36,40,42-43,45,62H,4-8,10-11,13-15,22-24,30-31,33,35,37-39,41,44,46-61H2,1-3H3/b12-9-,19-16-,20-17-,21-18-,28-25-,29-26-,34-32-,36-27-,43-40-,45-42-/t62-/m1/s1. The predicted octanol–water partition coefficient (Wildman–Crippen LogP) is 19.6. The van der Waals surface area contributed by atoms with Crippen molar-refractivity contribution < 1.29 is 28.6 Å². The SMILES string of the molecule is CC/C=C\C/C=C\C/C=C\C/C=C\CCCCC(=O)OC[C@H](COC(=O)CCCCC/C=C\C/C=C\C/C=C\C/C=C\CCCCC)OC(=O)CCCCCCCCCCC/C=C\C/C=C\CCCCC. The van der Waals surface area contributed by atoms with E-state index in [0.29, 0.717) is 25.7 Å². The monoisotopic (exact) mass is 983 g/mol. The van der Waals surface area contributed by atoms with Gasteiger partial charge in [-0.15, -0.1) is 0 Å². The van der Waals surface area contributed by atoms with Gasteiger partial charge in [0.05, 0.1) is 0 Å². The highest BCUT2D eigenvalue weighted by Crippen LogP contribution is 2.14. The Labute approximate surface area is 437 Å². The molecule has 402 valence electrons. The van der Waals surface area contributed by atoms with E-state index in [1.54, 1.807) is 0 Å². The van der Waals surface area contributed by atoms with E-state index in [1.807, 2.05) is 0 Å². The molecular weight excluding hydrogens is 877 g/mol. The second-order valence-corrected chi connectivity index (χ2v) is 18.8. The minimum atomic E-state index is -0.815. The fraction of sp³-hybridized carbons (Fsp3) is 0.646. The summed E-state index contributed by atoms with van der Waals surface area (Å²) < 4.78 is 16.8. The van der Waals surface area contributed by atoms with Gasteiger partial charge >= 0.3 is 17.9 Å². The molecule has 0 radical (unpaired) electrons. The molecule has 0 saturated carbocycles. The average Bonchev–Trinajstić information content (AvgIpc) is 3.37. The lowest BCUT2D eigenvalue weighted by atomic mass is 10.1. The summed E-state index contributed by atoms with van der Waals surface area (Å²) in [5, 5.41) is 0. The minimum Gasteiger partial charge on any atom is -0.462 e. The highest BCUT2D eigenvalue weighted by atomic mass is 16.6. The molecule has 6 nitrogen and oxygen atoms in total. The number of hydrogen-bond donors (Lipinski definition) is 0. The van der Waals surface area contributed by atoms with E-state index in [2.05, 4.69) is 142 Å². The summed E-state index contributed by atoms with van der Waals surface area (Å²) in [6.45, 7) is 6.40. The third-order valence-corrected chi connectivity index (χ3v) is 11.9. The first-order valence-corrected chi connectivity index (χ1v) is 29.0. The summed E-state index contributed by atoms with van der Waals surface area (Å²) in [5.41, 5.74) is 0. The maximum absolute atomic E-state index is 12.9. The van der Waals surface area contributed by atoms with Gasteiger partial charge in [0, 0.05) is 19.3 Å². The van der Waals surface area contributed by atoms with Crippen LogP contribution in [0.4, 0.5) is 0 Å². The Hall–Kier alpha value is -4.19. The lowest BCUT2D eigenvalue weighted by molar-refractivity contribution is -0.167. The van der Waals surface area contributed by atoms with Crippen molar-refractivity contribution in [3.8, 4) is 0 Å². The average molecular weight is 984 g/mol. The van der Waals surface area contributed by atoms with Crippen molar-refractivity contribution in [2.45, 2.75) is 258 Å². The molecule has 6 heteroatoms. The Balaban J connectivity index is 4.52. The van der Waals surface area contributed by atoms with Crippen molar-refractivity contribution in [2.75, 3.05) is 13.2 Å². The zero-order valence-electron chi connectivity index (χ0n) is 45.9. The molecular formula is C65H106O6. The number of rotatable bonds is 51. The summed E-state index contributed by atoms with van der Waals surface area (Å²) in [4.78, 5) is 38.2. The third-order valence-electron chi connectivity index (χ3n) is 11.9. The predicted molar refractivity (Wildman–Crippen MR) is 306 cm³/mol. The zero-order valence-corrected chi connectivity index (χ0v) is 45.9. The molecule has 0 bridgehead atoms. The van der Waals surface area contributed by atoms with Crippen molar-refractivity contribution in [3.05, 3.63) is 122 Å². The Morgan fingerprint density at radius 2 is 0.549 bits per heavy atom. The number of allylic oxidation sites excluding steroid dienone is 20. The van der Waals surface area contributed by atoms with Gasteiger partial charge in [0.15, 0.2) is 6.10 Å². The zero-order chi connectivity index (χ0) is 51.4. The molecule has 1 atom stereocenters. The molecule has 0 fully saturated rings. The van der Waals surface area contributed by atoms with Crippen LogP contribution < -0.4 is 0 Å². The molecule has 0 aliphatic rings. The van der Waals surface area contributed by atoms with Gasteiger partial charge in [0.2, 0.25) is 0 Å². The normalized spacial score (nSPS) is 13.0. The van der Waals surface area contributed by atoms with Gasteiger partial charge < -0.3 is 14.2 Å². The fourth-order valence-corrected chi connectivity index (χ4v) is 7.56. The van der Waals surface area contributed by atoms with E-state index in [4.69, 9.17) is 14.2 Å². The highest BCUT2D eigenvalue weighted by molar-refractivity contribution is 5.71. The van der Waals surface area contributed by atoms with Crippen LogP contribution in [0.25, 0.3) is 0 Å². The number of hydrogen-bond acceptors (Lipinski definition) is 6.